The molecule has 1 saturated heterocycles. The molecule has 2 aromatic rings. The molecule has 1 fully saturated rings. The molecule has 1 unspecified atom stereocenters. The lowest BCUT2D eigenvalue weighted by molar-refractivity contribution is -0.135. The van der Waals surface area contributed by atoms with Crippen LogP contribution in [0.4, 0.5) is 5.82 Å². The van der Waals surface area contributed by atoms with Gasteiger partial charge in [0.1, 0.15) is 11.9 Å². The highest BCUT2D eigenvalue weighted by Crippen LogP contribution is 2.38. The number of imide groups is 1. The Morgan fingerprint density at radius 3 is 2.68 bits per heavy atom. The van der Waals surface area contributed by atoms with E-state index in [-0.39, 0.29) is 11.8 Å². The average Bonchev–Trinajstić information content (AvgIpc) is 2.88. The number of carbonyl (C=O) groups is 2. The number of nitrogens with one attached hydrogen (secondary N) is 1. The van der Waals surface area contributed by atoms with Crippen molar-refractivity contribution in [3.8, 4) is 0 Å². The van der Waals surface area contributed by atoms with Crippen LogP contribution >= 0.6 is 0 Å². The van der Waals surface area contributed by atoms with E-state index in [1.54, 1.807) is 0 Å². The second kappa shape index (κ2) is 6.82. The molecule has 0 bridgehead atoms. The van der Waals surface area contributed by atoms with E-state index in [4.69, 9.17) is 4.99 Å². The number of benzene rings is 1. The van der Waals surface area contributed by atoms with E-state index in [2.05, 4.69) is 32.2 Å². The number of amides is 2. The topological polar surface area (TPSA) is 63.5 Å². The maximum atomic E-state index is 12.5. The van der Waals surface area contributed by atoms with Crippen molar-refractivity contribution in [2.45, 2.75) is 53.0 Å². The van der Waals surface area contributed by atoms with Crippen LogP contribution in [0.2, 0.25) is 0 Å². The molecule has 5 nitrogen and oxygen atoms in total. The number of nitrogens with zero attached hydrogens (tertiary/aromatic N) is 2. The molecule has 132 valence electrons. The van der Waals surface area contributed by atoms with Crippen molar-refractivity contribution in [2.24, 2.45) is 10.9 Å². The first kappa shape index (κ1) is 17.4. The fourth-order valence-electron chi connectivity index (χ4n) is 3.33. The molecule has 1 aromatic carbocycles. The third-order valence-electron chi connectivity index (χ3n) is 4.98. The first-order chi connectivity index (χ1) is 11.9. The zero-order valence-corrected chi connectivity index (χ0v) is 15.3. The van der Waals surface area contributed by atoms with Gasteiger partial charge in [-0.3, -0.25) is 14.9 Å². The van der Waals surface area contributed by atoms with Crippen LogP contribution in [0.1, 0.15) is 52.1 Å². The van der Waals surface area contributed by atoms with Crippen molar-refractivity contribution < 1.29 is 9.59 Å². The summed E-state index contributed by atoms with van der Waals surface area (Å²) >= 11 is 0. The number of aromatic nitrogens is 1. The summed E-state index contributed by atoms with van der Waals surface area (Å²) < 4.78 is 2.03. The number of aryl methyl sites for hydroxylation is 1. The number of para-hydroxylation sites is 1. The molecular weight excluding hydrogens is 314 g/mol. The second-order valence-corrected chi connectivity index (χ2v) is 6.92. The van der Waals surface area contributed by atoms with Gasteiger partial charge in [-0.2, -0.15) is 0 Å². The molecule has 2 heterocycles. The van der Waals surface area contributed by atoms with Gasteiger partial charge in [-0.25, -0.2) is 4.99 Å². The summed E-state index contributed by atoms with van der Waals surface area (Å²) in [5.74, 6) is 0.748. The number of aliphatic imine (C=N–C) groups is 1. The van der Waals surface area contributed by atoms with Crippen molar-refractivity contribution in [3.63, 3.8) is 0 Å². The van der Waals surface area contributed by atoms with Gasteiger partial charge >= 0.3 is 0 Å². The SMILES string of the molecule is CCc1c(/N=C(\C)C(C)C)n(C2CCC(=O)NC2=O)c2ccccc12. The number of hydrogen-bond acceptors (Lipinski definition) is 3. The Labute approximate surface area is 148 Å². The molecule has 1 aliphatic rings. The number of fused-ring (bicyclic) bond motifs is 1. The molecule has 25 heavy (non-hydrogen) atoms. The predicted molar refractivity (Wildman–Crippen MR) is 100 cm³/mol. The minimum atomic E-state index is -0.401. The molecule has 3 rings (SSSR count). The molecular formula is C20H25N3O2. The monoisotopic (exact) mass is 339 g/mol. The molecule has 1 aliphatic heterocycles. The Kier molecular flexibility index (Phi) is 4.75. The molecule has 1 atom stereocenters. The van der Waals surface area contributed by atoms with Crippen molar-refractivity contribution >= 4 is 34.2 Å². The van der Waals surface area contributed by atoms with Crippen LogP contribution in [-0.4, -0.2) is 22.1 Å². The van der Waals surface area contributed by atoms with Crippen LogP contribution in [0, 0.1) is 5.92 Å². The molecule has 1 N–H and O–H groups in total. The van der Waals surface area contributed by atoms with Gasteiger partial charge in [0, 0.05) is 23.1 Å². The number of piperidine rings is 1. The molecule has 0 aliphatic carbocycles. The van der Waals surface area contributed by atoms with Crippen molar-refractivity contribution in [2.75, 3.05) is 0 Å². The zero-order valence-electron chi connectivity index (χ0n) is 15.3. The summed E-state index contributed by atoms with van der Waals surface area (Å²) in [6.45, 7) is 8.36. The maximum Gasteiger partial charge on any atom is 0.249 e. The Morgan fingerprint density at radius 2 is 2.04 bits per heavy atom. The highest BCUT2D eigenvalue weighted by atomic mass is 16.2. The smallest absolute Gasteiger partial charge is 0.249 e. The third-order valence-corrected chi connectivity index (χ3v) is 4.98. The highest BCUT2D eigenvalue weighted by molar-refractivity contribution is 6.01. The van der Waals surface area contributed by atoms with Crippen LogP contribution in [0.15, 0.2) is 29.3 Å². The first-order valence-electron chi connectivity index (χ1n) is 8.94. The minimum absolute atomic E-state index is 0.197. The van der Waals surface area contributed by atoms with Gasteiger partial charge in [-0.15, -0.1) is 0 Å². The number of hydrogen-bond donors (Lipinski definition) is 1. The first-order valence-corrected chi connectivity index (χ1v) is 8.94. The Hall–Kier alpha value is -2.43. The van der Waals surface area contributed by atoms with Crippen molar-refractivity contribution in [3.05, 3.63) is 29.8 Å². The van der Waals surface area contributed by atoms with Gasteiger partial charge < -0.3 is 4.57 Å². The highest BCUT2D eigenvalue weighted by Gasteiger charge is 2.31. The van der Waals surface area contributed by atoms with E-state index in [0.29, 0.717) is 18.8 Å². The standard InChI is InChI=1S/C20H25N3O2/c1-5-14-15-8-6-7-9-16(15)23(19(14)21-13(4)12(2)3)17-10-11-18(24)22-20(17)25/h6-9,12,17H,5,10-11H2,1-4H3,(H,22,24,25)/b21-13+. The van der Waals surface area contributed by atoms with Gasteiger partial charge in [0.15, 0.2) is 0 Å². The summed E-state index contributed by atoms with van der Waals surface area (Å²) in [6.07, 6.45) is 1.71. The van der Waals surface area contributed by atoms with Crippen LogP contribution in [0.3, 0.4) is 0 Å². The Bertz CT molecular complexity index is 861. The third kappa shape index (κ3) is 3.11. The van der Waals surface area contributed by atoms with Crippen LogP contribution in [0.25, 0.3) is 10.9 Å². The lowest BCUT2D eigenvalue weighted by Crippen LogP contribution is -2.41. The minimum Gasteiger partial charge on any atom is -0.313 e. The normalized spacial score (nSPS) is 18.9. The molecule has 0 spiro atoms. The van der Waals surface area contributed by atoms with Gasteiger partial charge in [0.25, 0.3) is 0 Å². The summed E-state index contributed by atoms with van der Waals surface area (Å²) in [5.41, 5.74) is 3.19. The molecule has 2 amide bonds. The van der Waals surface area contributed by atoms with Crippen LogP contribution < -0.4 is 5.32 Å². The summed E-state index contributed by atoms with van der Waals surface area (Å²) in [7, 11) is 0. The summed E-state index contributed by atoms with van der Waals surface area (Å²) in [4.78, 5) is 29.0. The average molecular weight is 339 g/mol. The molecule has 1 aromatic heterocycles. The van der Waals surface area contributed by atoms with Gasteiger partial charge in [0.05, 0.1) is 5.52 Å². The van der Waals surface area contributed by atoms with Gasteiger partial charge in [-0.05, 0) is 31.7 Å². The van der Waals surface area contributed by atoms with E-state index in [1.807, 2.05) is 29.7 Å². The lowest BCUT2D eigenvalue weighted by atomic mass is 10.1. The fourth-order valence-corrected chi connectivity index (χ4v) is 3.33. The van der Waals surface area contributed by atoms with E-state index >= 15 is 0 Å². The van der Waals surface area contributed by atoms with E-state index < -0.39 is 6.04 Å². The van der Waals surface area contributed by atoms with Gasteiger partial charge in [-0.1, -0.05) is 39.0 Å². The quantitative estimate of drug-likeness (QED) is 0.677. The van der Waals surface area contributed by atoms with E-state index in [0.717, 1.165) is 34.4 Å². The lowest BCUT2D eigenvalue weighted by Gasteiger charge is -2.24. The van der Waals surface area contributed by atoms with E-state index in [9.17, 15) is 9.59 Å². The number of carbonyl (C=O) groups excluding carboxylic acids is 2. The van der Waals surface area contributed by atoms with Gasteiger partial charge in [0.2, 0.25) is 11.8 Å². The largest absolute Gasteiger partial charge is 0.313 e. The maximum absolute atomic E-state index is 12.5. The molecule has 5 heteroatoms. The van der Waals surface area contributed by atoms with Crippen molar-refractivity contribution in [1.29, 1.82) is 0 Å². The summed E-state index contributed by atoms with van der Waals surface area (Å²) in [5, 5.41) is 3.61. The predicted octanol–water partition coefficient (Wildman–Crippen LogP) is 3.93. The molecule has 0 saturated carbocycles. The molecule has 0 radical (unpaired) electrons. The summed E-state index contributed by atoms with van der Waals surface area (Å²) in [6, 6.07) is 7.70. The zero-order chi connectivity index (χ0) is 18.1. The van der Waals surface area contributed by atoms with Crippen LogP contribution in [0.5, 0.6) is 0 Å². The van der Waals surface area contributed by atoms with E-state index in [1.165, 1.54) is 0 Å². The number of rotatable bonds is 4. The van der Waals surface area contributed by atoms with Crippen LogP contribution in [-0.2, 0) is 16.0 Å². The van der Waals surface area contributed by atoms with Crippen molar-refractivity contribution in [1.82, 2.24) is 9.88 Å². The second-order valence-electron chi connectivity index (χ2n) is 6.92. The fraction of sp³-hybridized carbons (Fsp3) is 0.450. The Balaban J connectivity index is 2.27. The Morgan fingerprint density at radius 1 is 1.32 bits per heavy atom.